The second-order valence-corrected chi connectivity index (χ2v) is 23.8. The first kappa shape index (κ1) is 57.4. The lowest BCUT2D eigenvalue weighted by atomic mass is 10.1. The lowest BCUT2D eigenvalue weighted by Gasteiger charge is -2.11. The van der Waals surface area contributed by atoms with Gasteiger partial charge in [-0.1, -0.05) is 29.0 Å². The summed E-state index contributed by atoms with van der Waals surface area (Å²) < 4.78 is 200. The molecule has 0 aliphatic heterocycles. The Balaban J connectivity index is 0.00000220. The molecule has 398 valence electrons. The van der Waals surface area contributed by atoms with Crippen LogP contribution in [-0.2, 0) is 61.2 Å². The van der Waals surface area contributed by atoms with E-state index in [2.05, 4.69) is 40.8 Å². The summed E-state index contributed by atoms with van der Waals surface area (Å²) in [6.45, 7) is 2.55. The highest BCUT2D eigenvalue weighted by molar-refractivity contribution is 7.87. The molecule has 7 N–H and O–H groups in total. The summed E-state index contributed by atoms with van der Waals surface area (Å²) in [7, 11) is -27.5. The summed E-state index contributed by atoms with van der Waals surface area (Å²) in [5.74, 6) is -2.32. The van der Waals surface area contributed by atoms with Gasteiger partial charge < -0.3 is 14.9 Å². The highest BCUT2D eigenvalue weighted by Crippen LogP contribution is 2.44. The van der Waals surface area contributed by atoms with E-state index in [0.717, 1.165) is 41.7 Å². The number of aryl methyl sites for hydroxylation is 2. The van der Waals surface area contributed by atoms with Gasteiger partial charge in [-0.3, -0.25) is 22.8 Å². The molecule has 2 aromatic heterocycles. The van der Waals surface area contributed by atoms with Gasteiger partial charge in [-0.25, -0.2) is 4.98 Å². The van der Waals surface area contributed by atoms with Gasteiger partial charge in [-0.2, -0.15) is 51.9 Å². The molecule has 0 fully saturated rings. The van der Waals surface area contributed by atoms with Crippen LogP contribution in [0.25, 0.3) is 26.7 Å². The van der Waals surface area contributed by atoms with E-state index in [1.807, 2.05) is 0 Å². The van der Waals surface area contributed by atoms with Crippen molar-refractivity contribution in [2.75, 3.05) is 12.4 Å². The van der Waals surface area contributed by atoms with Crippen LogP contribution in [0.2, 0.25) is 5.02 Å². The molecular weight excluding hydrogens is 1170 g/mol. The van der Waals surface area contributed by atoms with E-state index < -0.39 is 115 Å². The van der Waals surface area contributed by atoms with Crippen molar-refractivity contribution in [1.82, 2.24) is 14.8 Å². The molecule has 0 bridgehead atoms. The summed E-state index contributed by atoms with van der Waals surface area (Å²) in [6.07, 6.45) is -0.188. The van der Waals surface area contributed by atoms with Gasteiger partial charge in [0.05, 0.1) is 43.9 Å². The van der Waals surface area contributed by atoms with Crippen LogP contribution in [0.5, 0.6) is 17.4 Å². The number of phenols is 1. The van der Waals surface area contributed by atoms with Crippen LogP contribution < -0.4 is 4.74 Å². The molecule has 38 heteroatoms. The van der Waals surface area contributed by atoms with Crippen molar-refractivity contribution in [3.8, 4) is 23.1 Å². The third kappa shape index (κ3) is 14.1. The van der Waals surface area contributed by atoms with Crippen molar-refractivity contribution >= 4 is 139 Å². The van der Waals surface area contributed by atoms with Crippen LogP contribution in [0.1, 0.15) is 17.7 Å². The average molecular weight is 1200 g/mol. The zero-order valence-electron chi connectivity index (χ0n) is 37.1. The number of nitrogens with zero attached hydrogens (tertiary/aromatic N) is 9. The molecule has 0 saturated carbocycles. The first-order valence-electron chi connectivity index (χ1n) is 19.6. The highest BCUT2D eigenvalue weighted by atomic mass is 35.5. The fourth-order valence-corrected chi connectivity index (χ4v) is 10.9. The molecule has 0 atom stereocenters. The molecule has 75 heavy (non-hydrogen) atoms. The average Bonchev–Trinajstić information content (AvgIpc) is 3.82. The lowest BCUT2D eigenvalue weighted by Crippen LogP contribution is -2.08. The zero-order chi connectivity index (χ0) is 55.7. The van der Waals surface area contributed by atoms with Gasteiger partial charge in [0.15, 0.2) is 11.4 Å². The summed E-state index contributed by atoms with van der Waals surface area (Å²) in [6, 6.07) is 11.4. The number of thiazole rings is 1. The van der Waals surface area contributed by atoms with Crippen molar-refractivity contribution in [2.45, 2.75) is 39.9 Å². The van der Waals surface area contributed by atoms with Gasteiger partial charge in [0.25, 0.3) is 50.6 Å². The van der Waals surface area contributed by atoms with Crippen LogP contribution >= 0.6 is 22.9 Å². The Morgan fingerprint density at radius 3 is 1.83 bits per heavy atom. The van der Waals surface area contributed by atoms with Gasteiger partial charge >= 0.3 is 10.6 Å². The van der Waals surface area contributed by atoms with Gasteiger partial charge in [0, 0.05) is 21.9 Å². The summed E-state index contributed by atoms with van der Waals surface area (Å²) in [5.41, 5.74) is -1.60. The third-order valence-electron chi connectivity index (χ3n) is 9.59. The Bertz CT molecular complexity index is 4250. The second kappa shape index (κ2) is 21.8. The smallest absolute Gasteiger partial charge is 0.425 e. The maximum atomic E-state index is 12.8. The molecular formula is C37H30ClN9O21S7. The number of phenolic OH excluding ortho intramolecular Hbond substituents is 1. The van der Waals surface area contributed by atoms with Crippen LogP contribution in [0.3, 0.4) is 0 Å². The maximum absolute atomic E-state index is 12.8. The predicted octanol–water partition coefficient (Wildman–Crippen LogP) is 7.20. The predicted molar refractivity (Wildman–Crippen MR) is 259 cm³/mol. The lowest BCUT2D eigenvalue weighted by molar-refractivity contribution is 0.317. The van der Waals surface area contributed by atoms with Gasteiger partial charge in [-0.15, -0.1) is 43.3 Å². The van der Waals surface area contributed by atoms with Gasteiger partial charge in [0.2, 0.25) is 11.0 Å². The minimum absolute atomic E-state index is 0.00258. The topological polar surface area (TPSA) is 478 Å². The van der Waals surface area contributed by atoms with Crippen molar-refractivity contribution in [3.05, 3.63) is 83.0 Å². The van der Waals surface area contributed by atoms with Crippen molar-refractivity contribution in [3.63, 3.8) is 0 Å². The summed E-state index contributed by atoms with van der Waals surface area (Å²) >= 11 is 6.92. The van der Waals surface area contributed by atoms with Crippen LogP contribution in [-0.4, -0.2) is 115 Å². The minimum atomic E-state index is -5.21. The quantitative estimate of drug-likeness (QED) is 0.0285. The zero-order valence-corrected chi connectivity index (χ0v) is 43.6. The highest BCUT2D eigenvalue weighted by Gasteiger charge is 2.26. The molecule has 0 unspecified atom stereocenters. The van der Waals surface area contributed by atoms with Gasteiger partial charge in [-0.05, 0) is 80.4 Å². The van der Waals surface area contributed by atoms with E-state index in [1.54, 1.807) is 6.92 Å². The number of aromatic hydroxyl groups is 2. The molecule has 7 rings (SSSR count). The normalized spacial score (nSPS) is 12.8. The minimum Gasteiger partial charge on any atom is -0.505 e. The Morgan fingerprint density at radius 1 is 0.667 bits per heavy atom. The Hall–Kier alpha value is -6.88. The number of hydrogen-bond acceptors (Lipinski definition) is 25. The number of benzene rings is 5. The third-order valence-corrected chi connectivity index (χ3v) is 15.0. The largest absolute Gasteiger partial charge is 0.505 e. The fourth-order valence-electron chi connectivity index (χ4n) is 6.44. The van der Waals surface area contributed by atoms with Crippen LogP contribution in [0.4, 0.5) is 33.6 Å². The van der Waals surface area contributed by atoms with Crippen LogP contribution in [0, 0.1) is 13.8 Å². The second-order valence-electron chi connectivity index (χ2n) is 14.8. The standard InChI is InChI=1S/C37H30ClN9O18S6.O3S/c1-17-10-28(29(65-8-3-9-67(50,51)52)16-27(17)42-45-37-39-33-30(66-37)11-19(38)12-31(33)70(59,60)61)43-40-25-6-5-24-23(34(25)48)4-7-26(35(24)71(62,63)64)41-44-32-18(2)46-47(36(32)49)20-13-21(68(53,54)55)15-22(14-20)69(56,57)58;1-4(2)3/h4-7,10-16,48-49H,3,8-9H2,1-2H3,(H,50,51,52)(H,53,54,55)(H,56,57,58)(H,59,60,61)(H,62,63,64);. The Labute approximate surface area is 432 Å². The van der Waals surface area contributed by atoms with E-state index in [9.17, 15) is 75.1 Å². The molecule has 0 radical (unpaired) electrons. The molecule has 0 aliphatic rings. The molecule has 0 spiro atoms. The monoisotopic (exact) mass is 1190 g/mol. The number of fused-ring (bicyclic) bond motifs is 2. The molecule has 0 saturated heterocycles. The number of halogens is 1. The number of rotatable bonds is 16. The number of ether oxygens (including phenoxy) is 1. The van der Waals surface area contributed by atoms with E-state index >= 15 is 0 Å². The molecule has 0 amide bonds. The van der Waals surface area contributed by atoms with E-state index in [0.29, 0.717) is 28.4 Å². The van der Waals surface area contributed by atoms with Crippen molar-refractivity contribution in [1.29, 1.82) is 0 Å². The number of hydrogen-bond donors (Lipinski definition) is 7. The summed E-state index contributed by atoms with van der Waals surface area (Å²) in [5, 5.41) is 49.9. The molecule has 0 aliphatic carbocycles. The fraction of sp³-hybridized carbons (Fsp3) is 0.135. The Kier molecular flexibility index (Phi) is 16.7. The number of aromatic nitrogens is 3. The van der Waals surface area contributed by atoms with E-state index in [-0.39, 0.29) is 72.7 Å². The first-order chi connectivity index (χ1) is 34.6. The van der Waals surface area contributed by atoms with Gasteiger partial charge in [0.1, 0.15) is 38.1 Å². The van der Waals surface area contributed by atoms with E-state index in [1.165, 1.54) is 25.1 Å². The van der Waals surface area contributed by atoms with Crippen molar-refractivity contribution in [2.24, 2.45) is 30.7 Å². The molecule has 2 heterocycles. The number of azo groups is 3. The molecule has 5 aromatic carbocycles. The molecule has 30 nitrogen and oxygen atoms in total. The van der Waals surface area contributed by atoms with Crippen molar-refractivity contribution < 1.29 is 92.4 Å². The first-order valence-corrected chi connectivity index (χ1v) is 29.2. The van der Waals surface area contributed by atoms with Crippen LogP contribution in [0.15, 0.2) is 117 Å². The van der Waals surface area contributed by atoms with E-state index in [4.69, 9.17) is 29.0 Å². The Morgan fingerprint density at radius 2 is 1.24 bits per heavy atom. The maximum Gasteiger partial charge on any atom is 0.425 e. The summed E-state index contributed by atoms with van der Waals surface area (Å²) in [4.78, 5) is 0.685. The SMILES string of the molecule is Cc1cc(N=Nc2ccc3c(S(=O)(=O)O)c(N=Nc4c(C)nn(-c5cc(S(=O)(=O)O)cc(S(=O)(=O)O)c5)c4O)ccc3c2O)c(OCCCS(=O)(=O)O)cc1N=Nc1nc2c(S(=O)(=O)O)cc(Cl)cc2s1.O=S(=O)=O. The molecule has 7 aromatic rings.